The van der Waals surface area contributed by atoms with E-state index in [9.17, 15) is 0 Å². The predicted octanol–water partition coefficient (Wildman–Crippen LogP) is 2.84. The number of hydrogen-bond donors (Lipinski definition) is 1. The SMILES string of the molecule is Cc1cn(N=Cc2cccc(OCc3c(C)noc3C)c2)c(N)n1. The van der Waals surface area contributed by atoms with Gasteiger partial charge in [0, 0.05) is 0 Å². The van der Waals surface area contributed by atoms with Crippen LogP contribution in [0.4, 0.5) is 5.95 Å². The van der Waals surface area contributed by atoms with Crippen LogP contribution >= 0.6 is 0 Å². The molecule has 1 aromatic carbocycles. The second-order valence-electron chi connectivity index (χ2n) is 5.49. The first-order chi connectivity index (χ1) is 11.5. The highest BCUT2D eigenvalue weighted by molar-refractivity contribution is 5.80. The normalized spacial score (nSPS) is 11.3. The number of anilines is 1. The summed E-state index contributed by atoms with van der Waals surface area (Å²) in [6.45, 7) is 6.05. The first-order valence-corrected chi connectivity index (χ1v) is 7.53. The second kappa shape index (κ2) is 6.57. The third-order valence-corrected chi connectivity index (χ3v) is 3.59. The van der Waals surface area contributed by atoms with Gasteiger partial charge in [-0.3, -0.25) is 0 Å². The van der Waals surface area contributed by atoms with E-state index in [4.69, 9.17) is 15.0 Å². The summed E-state index contributed by atoms with van der Waals surface area (Å²) in [7, 11) is 0. The first kappa shape index (κ1) is 15.8. The lowest BCUT2D eigenvalue weighted by Crippen LogP contribution is -1.99. The smallest absolute Gasteiger partial charge is 0.221 e. The first-order valence-electron chi connectivity index (χ1n) is 7.53. The van der Waals surface area contributed by atoms with Crippen molar-refractivity contribution in [3.63, 3.8) is 0 Å². The Balaban J connectivity index is 1.71. The van der Waals surface area contributed by atoms with E-state index in [1.54, 1.807) is 12.4 Å². The number of ether oxygens (including phenoxy) is 1. The van der Waals surface area contributed by atoms with Gasteiger partial charge in [-0.2, -0.15) is 5.10 Å². The molecule has 7 nitrogen and oxygen atoms in total. The Hall–Kier alpha value is -3.09. The van der Waals surface area contributed by atoms with Crippen LogP contribution in [-0.4, -0.2) is 21.0 Å². The summed E-state index contributed by atoms with van der Waals surface area (Å²) >= 11 is 0. The minimum Gasteiger partial charge on any atom is -0.489 e. The van der Waals surface area contributed by atoms with Gasteiger partial charge in [-0.15, -0.1) is 0 Å². The zero-order valence-corrected chi connectivity index (χ0v) is 13.9. The maximum atomic E-state index is 5.83. The highest BCUT2D eigenvalue weighted by Gasteiger charge is 2.09. The van der Waals surface area contributed by atoms with E-state index in [-0.39, 0.29) is 0 Å². The van der Waals surface area contributed by atoms with Crippen LogP contribution < -0.4 is 10.5 Å². The highest BCUT2D eigenvalue weighted by Crippen LogP contribution is 2.18. The standard InChI is InChI=1S/C17H19N5O2/c1-11-9-22(17(18)20-11)19-8-14-5-4-6-15(7-14)23-10-16-12(2)21-24-13(16)3/h4-9H,10H2,1-3H3,(H2,18,20). The maximum Gasteiger partial charge on any atom is 0.221 e. The average molecular weight is 325 g/mol. The van der Waals surface area contributed by atoms with Crippen molar-refractivity contribution in [2.75, 3.05) is 5.73 Å². The van der Waals surface area contributed by atoms with E-state index in [0.29, 0.717) is 12.6 Å². The Morgan fingerprint density at radius 1 is 1.33 bits per heavy atom. The number of nitrogen functional groups attached to an aromatic ring is 1. The predicted molar refractivity (Wildman–Crippen MR) is 91.1 cm³/mol. The fourth-order valence-corrected chi connectivity index (χ4v) is 2.27. The third kappa shape index (κ3) is 3.45. The topological polar surface area (TPSA) is 91.5 Å². The van der Waals surface area contributed by atoms with Gasteiger partial charge in [0.2, 0.25) is 5.95 Å². The van der Waals surface area contributed by atoms with E-state index >= 15 is 0 Å². The van der Waals surface area contributed by atoms with Gasteiger partial charge in [0.1, 0.15) is 18.1 Å². The van der Waals surface area contributed by atoms with E-state index in [2.05, 4.69) is 15.2 Å². The number of imidazole rings is 1. The van der Waals surface area contributed by atoms with Gasteiger partial charge >= 0.3 is 0 Å². The molecule has 3 rings (SSSR count). The number of nitrogens with two attached hydrogens (primary N) is 1. The lowest BCUT2D eigenvalue weighted by atomic mass is 10.2. The lowest BCUT2D eigenvalue weighted by Gasteiger charge is -2.06. The molecule has 124 valence electrons. The molecule has 0 radical (unpaired) electrons. The van der Waals surface area contributed by atoms with Crippen LogP contribution in [0, 0.1) is 20.8 Å². The summed E-state index contributed by atoms with van der Waals surface area (Å²) in [5.41, 5.74) is 9.30. The third-order valence-electron chi connectivity index (χ3n) is 3.59. The van der Waals surface area contributed by atoms with Crippen LogP contribution in [0.15, 0.2) is 40.1 Å². The van der Waals surface area contributed by atoms with Crippen LogP contribution in [0.3, 0.4) is 0 Å². The highest BCUT2D eigenvalue weighted by atomic mass is 16.5. The summed E-state index contributed by atoms with van der Waals surface area (Å²) in [6, 6.07) is 7.64. The molecule has 0 aliphatic carbocycles. The Kier molecular flexibility index (Phi) is 4.33. The van der Waals surface area contributed by atoms with Gasteiger partial charge in [0.15, 0.2) is 0 Å². The van der Waals surface area contributed by atoms with E-state index in [0.717, 1.165) is 34.0 Å². The molecule has 0 saturated heterocycles. The molecule has 0 atom stereocenters. The fraction of sp³-hybridized carbons (Fsp3) is 0.235. The molecule has 0 saturated carbocycles. The molecule has 0 unspecified atom stereocenters. The molecule has 2 heterocycles. The second-order valence-corrected chi connectivity index (χ2v) is 5.49. The molecule has 0 amide bonds. The summed E-state index contributed by atoms with van der Waals surface area (Å²) in [5, 5.41) is 8.22. The number of hydrogen-bond acceptors (Lipinski definition) is 6. The molecule has 0 bridgehead atoms. The van der Waals surface area contributed by atoms with Crippen molar-refractivity contribution >= 4 is 12.2 Å². The van der Waals surface area contributed by atoms with Gasteiger partial charge in [-0.25, -0.2) is 9.66 Å². The lowest BCUT2D eigenvalue weighted by molar-refractivity contribution is 0.301. The van der Waals surface area contributed by atoms with Crippen molar-refractivity contribution < 1.29 is 9.26 Å². The van der Waals surface area contributed by atoms with E-state index in [1.165, 1.54) is 4.68 Å². The number of rotatable bonds is 5. The number of nitrogens with zero attached hydrogens (tertiary/aromatic N) is 4. The molecular formula is C17H19N5O2. The Morgan fingerprint density at radius 3 is 2.83 bits per heavy atom. The number of benzene rings is 1. The fourth-order valence-electron chi connectivity index (χ4n) is 2.27. The van der Waals surface area contributed by atoms with Crippen LogP contribution in [0.5, 0.6) is 5.75 Å². The van der Waals surface area contributed by atoms with E-state index < -0.39 is 0 Å². The average Bonchev–Trinajstić information content (AvgIpc) is 3.05. The Morgan fingerprint density at radius 2 is 2.17 bits per heavy atom. The molecule has 7 heteroatoms. The minimum absolute atomic E-state index is 0.356. The summed E-state index contributed by atoms with van der Waals surface area (Å²) in [5.74, 6) is 1.87. The summed E-state index contributed by atoms with van der Waals surface area (Å²) in [6.07, 6.45) is 3.48. The monoisotopic (exact) mass is 325 g/mol. The van der Waals surface area contributed by atoms with Gasteiger partial charge in [-0.1, -0.05) is 17.3 Å². The molecule has 0 aliphatic rings. The molecule has 3 aromatic rings. The van der Waals surface area contributed by atoms with Gasteiger partial charge in [0.05, 0.1) is 29.4 Å². The van der Waals surface area contributed by atoms with Crippen LogP contribution in [0.2, 0.25) is 0 Å². The quantitative estimate of drug-likeness (QED) is 0.728. The minimum atomic E-state index is 0.356. The molecule has 2 aromatic heterocycles. The van der Waals surface area contributed by atoms with Crippen LogP contribution in [0.1, 0.15) is 28.3 Å². The summed E-state index contributed by atoms with van der Waals surface area (Å²) in [4.78, 5) is 4.10. The molecule has 0 spiro atoms. The van der Waals surface area contributed by atoms with Crippen LogP contribution in [0.25, 0.3) is 0 Å². The van der Waals surface area contributed by atoms with Gasteiger partial charge < -0.3 is 15.0 Å². The molecular weight excluding hydrogens is 306 g/mol. The molecule has 24 heavy (non-hydrogen) atoms. The van der Waals surface area contributed by atoms with Gasteiger partial charge in [0.25, 0.3) is 0 Å². The zero-order valence-electron chi connectivity index (χ0n) is 13.9. The maximum absolute atomic E-state index is 5.83. The van der Waals surface area contributed by atoms with Crippen molar-refractivity contribution in [1.82, 2.24) is 14.8 Å². The van der Waals surface area contributed by atoms with Crippen molar-refractivity contribution in [2.45, 2.75) is 27.4 Å². The van der Waals surface area contributed by atoms with Crippen molar-refractivity contribution in [2.24, 2.45) is 5.10 Å². The number of aromatic nitrogens is 3. The van der Waals surface area contributed by atoms with Crippen molar-refractivity contribution in [3.8, 4) is 5.75 Å². The molecule has 2 N–H and O–H groups in total. The van der Waals surface area contributed by atoms with Gasteiger partial charge in [-0.05, 0) is 38.5 Å². The molecule has 0 fully saturated rings. The Labute approximate surface area is 139 Å². The van der Waals surface area contributed by atoms with E-state index in [1.807, 2.05) is 45.0 Å². The largest absolute Gasteiger partial charge is 0.489 e. The van der Waals surface area contributed by atoms with Crippen LogP contribution in [-0.2, 0) is 6.61 Å². The van der Waals surface area contributed by atoms with Crippen molar-refractivity contribution in [1.29, 1.82) is 0 Å². The summed E-state index contributed by atoms with van der Waals surface area (Å²) < 4.78 is 12.5. The van der Waals surface area contributed by atoms with Crippen molar-refractivity contribution in [3.05, 3.63) is 58.7 Å². The number of aryl methyl sites for hydroxylation is 3. The Bertz CT molecular complexity index is 859. The molecule has 0 aliphatic heterocycles. The zero-order chi connectivity index (χ0) is 17.1.